The van der Waals surface area contributed by atoms with Gasteiger partial charge in [0.2, 0.25) is 0 Å². The Hall–Kier alpha value is -1.02. The average molecular weight is 492 g/mol. The van der Waals surface area contributed by atoms with Gasteiger partial charge in [0, 0.05) is 37.1 Å². The zero-order chi connectivity index (χ0) is 17.9. The van der Waals surface area contributed by atoms with Crippen LogP contribution < -0.4 is 5.32 Å². The summed E-state index contributed by atoms with van der Waals surface area (Å²) in [5, 5.41) is 4.31. The van der Waals surface area contributed by atoms with Crippen molar-refractivity contribution < 1.29 is 9.53 Å². The third kappa shape index (κ3) is 4.82. The fraction of sp³-hybridized carbons (Fsp3) is 0.579. The molecule has 0 atom stereocenters. The van der Waals surface area contributed by atoms with E-state index < -0.39 is 0 Å². The quantitative estimate of drug-likeness (QED) is 0.303. The third-order valence-corrected chi connectivity index (χ3v) is 5.69. The Morgan fingerprint density at radius 1 is 1.31 bits per heavy atom. The maximum absolute atomic E-state index is 11.7. The summed E-state index contributed by atoms with van der Waals surface area (Å²) in [4.78, 5) is 18.3. The van der Waals surface area contributed by atoms with Gasteiger partial charge in [-0.1, -0.05) is 23.7 Å². The number of hydrogen-bond acceptors (Lipinski definition) is 3. The number of carbonyl (C=O) groups is 1. The number of nitrogens with zero attached hydrogens (tertiary/aromatic N) is 2. The van der Waals surface area contributed by atoms with E-state index in [2.05, 4.69) is 27.3 Å². The van der Waals surface area contributed by atoms with Crippen molar-refractivity contribution in [1.82, 2.24) is 10.2 Å². The molecule has 1 aliphatic heterocycles. The van der Waals surface area contributed by atoms with Crippen LogP contribution in [0.15, 0.2) is 29.3 Å². The summed E-state index contributed by atoms with van der Waals surface area (Å²) < 4.78 is 4.86. The van der Waals surface area contributed by atoms with Crippen molar-refractivity contribution in [2.45, 2.75) is 31.1 Å². The zero-order valence-electron chi connectivity index (χ0n) is 15.3. The van der Waals surface area contributed by atoms with E-state index >= 15 is 0 Å². The molecular weight excluding hydrogens is 465 g/mol. The summed E-state index contributed by atoms with van der Waals surface area (Å²) in [6.07, 6.45) is 4.00. The van der Waals surface area contributed by atoms with Gasteiger partial charge < -0.3 is 15.0 Å². The van der Waals surface area contributed by atoms with E-state index in [0.29, 0.717) is 0 Å². The summed E-state index contributed by atoms with van der Waals surface area (Å²) in [6.45, 7) is 2.53. The predicted octanol–water partition coefficient (Wildman–Crippen LogP) is 3.45. The summed E-state index contributed by atoms with van der Waals surface area (Å²) >= 11 is 6.00. The molecule has 0 bridgehead atoms. The van der Waals surface area contributed by atoms with Gasteiger partial charge in [-0.15, -0.1) is 24.0 Å². The topological polar surface area (TPSA) is 53.9 Å². The van der Waals surface area contributed by atoms with Gasteiger partial charge in [-0.2, -0.15) is 0 Å². The van der Waals surface area contributed by atoms with Crippen molar-refractivity contribution in [3.05, 3.63) is 34.9 Å². The van der Waals surface area contributed by atoms with E-state index in [9.17, 15) is 4.79 Å². The lowest BCUT2D eigenvalue weighted by atomic mass is 9.96. The molecule has 7 heteroatoms. The predicted molar refractivity (Wildman–Crippen MR) is 115 cm³/mol. The summed E-state index contributed by atoms with van der Waals surface area (Å²) in [6, 6.07) is 8.18. The fourth-order valence-electron chi connectivity index (χ4n) is 3.60. The zero-order valence-corrected chi connectivity index (χ0v) is 18.4. The molecule has 1 heterocycles. The normalized spacial score (nSPS) is 19.5. The van der Waals surface area contributed by atoms with Gasteiger partial charge in [-0.25, -0.2) is 0 Å². The van der Waals surface area contributed by atoms with Crippen LogP contribution in [0.5, 0.6) is 0 Å². The highest BCUT2D eigenvalue weighted by atomic mass is 127. The van der Waals surface area contributed by atoms with Gasteiger partial charge in [-0.3, -0.25) is 9.79 Å². The van der Waals surface area contributed by atoms with Gasteiger partial charge in [0.15, 0.2) is 5.96 Å². The number of piperidine rings is 1. The van der Waals surface area contributed by atoms with Crippen molar-refractivity contribution in [3.8, 4) is 0 Å². The molecule has 0 unspecified atom stereocenters. The molecule has 26 heavy (non-hydrogen) atoms. The number of rotatable bonds is 4. The van der Waals surface area contributed by atoms with Crippen LogP contribution in [-0.4, -0.2) is 50.6 Å². The summed E-state index contributed by atoms with van der Waals surface area (Å²) in [7, 11) is 3.28. The molecule has 1 aromatic carbocycles. The van der Waals surface area contributed by atoms with Crippen molar-refractivity contribution in [1.29, 1.82) is 0 Å². The highest BCUT2D eigenvalue weighted by molar-refractivity contribution is 14.0. The second-order valence-electron chi connectivity index (χ2n) is 6.97. The molecule has 144 valence electrons. The third-order valence-electron chi connectivity index (χ3n) is 5.44. The van der Waals surface area contributed by atoms with Crippen LogP contribution in [0.25, 0.3) is 0 Å². The maximum Gasteiger partial charge on any atom is 0.308 e. The molecule has 1 aliphatic carbocycles. The number of esters is 1. The van der Waals surface area contributed by atoms with Crippen LogP contribution >= 0.6 is 35.6 Å². The lowest BCUT2D eigenvalue weighted by molar-refractivity contribution is -0.146. The number of aliphatic imine (C=N–C) groups is 1. The standard InChI is InChI=1S/C19H26ClN3O2.HI/c1-21-18(23-11-7-14(8-12-23)17(24)25-2)22-13-19(9-10-19)15-3-5-16(20)6-4-15;/h3-6,14H,7-13H2,1-2H3,(H,21,22);1H. The SMILES string of the molecule is CN=C(NCC1(c2ccc(Cl)cc2)CC1)N1CCC(C(=O)OC)CC1.I. The Kier molecular flexibility index (Phi) is 7.58. The van der Waals surface area contributed by atoms with Crippen LogP contribution in [0.3, 0.4) is 0 Å². The number of ether oxygens (including phenoxy) is 1. The Morgan fingerprint density at radius 2 is 1.92 bits per heavy atom. The second-order valence-corrected chi connectivity index (χ2v) is 7.41. The van der Waals surface area contributed by atoms with Crippen LogP contribution in [0.1, 0.15) is 31.2 Å². The number of methoxy groups -OCH3 is 1. The van der Waals surface area contributed by atoms with Gasteiger partial charge in [-0.05, 0) is 43.4 Å². The molecule has 0 radical (unpaired) electrons. The Labute approximate surface area is 177 Å². The number of benzene rings is 1. The van der Waals surface area contributed by atoms with Crippen LogP contribution in [-0.2, 0) is 14.9 Å². The first-order chi connectivity index (χ1) is 12.1. The monoisotopic (exact) mass is 491 g/mol. The first-order valence-corrected chi connectivity index (χ1v) is 9.25. The van der Waals surface area contributed by atoms with Crippen LogP contribution in [0, 0.1) is 5.92 Å². The van der Waals surface area contributed by atoms with Gasteiger partial charge in [0.25, 0.3) is 0 Å². The first kappa shape index (κ1) is 21.3. The number of guanidine groups is 1. The number of likely N-dealkylation sites (tertiary alicyclic amines) is 1. The maximum atomic E-state index is 11.7. The largest absolute Gasteiger partial charge is 0.469 e. The van der Waals surface area contributed by atoms with Gasteiger partial charge >= 0.3 is 5.97 Å². The molecule has 0 amide bonds. The molecule has 5 nitrogen and oxygen atoms in total. The van der Waals surface area contributed by atoms with Crippen molar-refractivity contribution >= 4 is 47.5 Å². The van der Waals surface area contributed by atoms with E-state index in [0.717, 1.165) is 43.5 Å². The smallest absolute Gasteiger partial charge is 0.308 e. The molecule has 2 aliphatic rings. The van der Waals surface area contributed by atoms with Gasteiger partial charge in [0.1, 0.15) is 0 Å². The average Bonchev–Trinajstić information content (AvgIpc) is 3.43. The van der Waals surface area contributed by atoms with Crippen LogP contribution in [0.4, 0.5) is 0 Å². The number of carbonyl (C=O) groups excluding carboxylic acids is 1. The Balaban J connectivity index is 0.00000243. The summed E-state index contributed by atoms with van der Waals surface area (Å²) in [5.74, 6) is 0.842. The Morgan fingerprint density at radius 3 is 2.42 bits per heavy atom. The second kappa shape index (κ2) is 9.26. The number of nitrogens with one attached hydrogen (secondary N) is 1. The molecule has 1 N–H and O–H groups in total. The van der Waals surface area contributed by atoms with Crippen molar-refractivity contribution in [2.75, 3.05) is 33.8 Å². The summed E-state index contributed by atoms with van der Waals surface area (Å²) in [5.41, 5.74) is 1.54. The molecule has 0 aromatic heterocycles. The van der Waals surface area contributed by atoms with Crippen LogP contribution in [0.2, 0.25) is 5.02 Å². The minimum absolute atomic E-state index is 0. The fourth-order valence-corrected chi connectivity index (χ4v) is 3.72. The highest BCUT2D eigenvalue weighted by Crippen LogP contribution is 2.47. The number of hydrogen-bond donors (Lipinski definition) is 1. The molecule has 2 fully saturated rings. The number of halogens is 2. The van der Waals surface area contributed by atoms with E-state index in [1.165, 1.54) is 25.5 Å². The minimum Gasteiger partial charge on any atom is -0.469 e. The van der Waals surface area contributed by atoms with E-state index in [1.54, 1.807) is 0 Å². The lowest BCUT2D eigenvalue weighted by Gasteiger charge is -2.33. The van der Waals surface area contributed by atoms with Gasteiger partial charge in [0.05, 0.1) is 13.0 Å². The van der Waals surface area contributed by atoms with E-state index in [1.807, 2.05) is 19.2 Å². The lowest BCUT2D eigenvalue weighted by Crippen LogP contribution is -2.48. The highest BCUT2D eigenvalue weighted by Gasteiger charge is 2.44. The van der Waals surface area contributed by atoms with Crippen molar-refractivity contribution in [3.63, 3.8) is 0 Å². The minimum atomic E-state index is -0.0951. The van der Waals surface area contributed by atoms with E-state index in [4.69, 9.17) is 16.3 Å². The molecule has 3 rings (SSSR count). The first-order valence-electron chi connectivity index (χ1n) is 8.87. The van der Waals surface area contributed by atoms with E-state index in [-0.39, 0.29) is 41.3 Å². The molecule has 1 aromatic rings. The molecule has 1 saturated heterocycles. The van der Waals surface area contributed by atoms with Crippen molar-refractivity contribution in [2.24, 2.45) is 10.9 Å². The Bertz CT molecular complexity index is 639. The molecular formula is C19H27ClIN3O2. The molecule has 1 saturated carbocycles. The molecule has 0 spiro atoms.